The largest absolute Gasteiger partial charge is 0.355 e. The second-order valence-electron chi connectivity index (χ2n) is 4.35. The van der Waals surface area contributed by atoms with E-state index < -0.39 is 19.0 Å². The Kier molecular flexibility index (Phi) is 9.77. The monoisotopic (exact) mass is 265 g/mol. The molecule has 0 saturated carbocycles. The summed E-state index contributed by atoms with van der Waals surface area (Å²) in [5.74, 6) is -0.208. The normalized spacial score (nSPS) is 13.1. The maximum Gasteiger partial charge on any atom is 0.251 e. The van der Waals surface area contributed by atoms with Crippen molar-refractivity contribution in [1.82, 2.24) is 10.2 Å². The molecule has 0 aromatic carbocycles. The smallest absolute Gasteiger partial charge is 0.251 e. The molecule has 108 valence electrons. The van der Waals surface area contributed by atoms with E-state index in [1.807, 2.05) is 0 Å². The zero-order valence-electron chi connectivity index (χ0n) is 11.3. The molecule has 0 aliphatic heterocycles. The molecular weight excluding hydrogens is 240 g/mol. The number of hydrogen-bond donors (Lipinski definition) is 2. The van der Waals surface area contributed by atoms with Crippen LogP contribution in [-0.2, 0) is 4.79 Å². The fraction of sp³-hybridized carbons (Fsp3) is 0.917. The van der Waals surface area contributed by atoms with Crippen LogP contribution in [0.4, 0.5) is 8.78 Å². The second kappa shape index (κ2) is 10.2. The van der Waals surface area contributed by atoms with Crippen molar-refractivity contribution in [3.05, 3.63) is 0 Å². The molecule has 6 heteroatoms. The molecule has 0 heterocycles. The molecule has 1 amide bonds. The quantitative estimate of drug-likeness (QED) is 0.584. The van der Waals surface area contributed by atoms with Crippen molar-refractivity contribution in [1.29, 1.82) is 0 Å². The lowest BCUT2D eigenvalue weighted by Gasteiger charge is -2.27. The Bertz CT molecular complexity index is 227. The Morgan fingerprint density at radius 1 is 1.39 bits per heavy atom. The summed E-state index contributed by atoms with van der Waals surface area (Å²) < 4.78 is 24.7. The fourth-order valence-electron chi connectivity index (χ4n) is 1.69. The zero-order valence-corrected chi connectivity index (χ0v) is 11.3. The molecule has 0 aliphatic rings. The van der Waals surface area contributed by atoms with Crippen molar-refractivity contribution in [3.8, 4) is 0 Å². The van der Waals surface area contributed by atoms with Crippen LogP contribution >= 0.6 is 0 Å². The van der Waals surface area contributed by atoms with E-state index in [-0.39, 0.29) is 12.5 Å². The number of nitrogens with two attached hydrogens (primary N) is 1. The standard InChI is InChI=1S/C12H25F2N3O/c1-3-4-5-7-16-12(18)10(2)17(8-6-15)9-11(13)14/h10-11H,3-9,15H2,1-2H3,(H,16,18). The van der Waals surface area contributed by atoms with Gasteiger partial charge in [0.2, 0.25) is 5.91 Å². The molecule has 0 rings (SSSR count). The van der Waals surface area contributed by atoms with Crippen LogP contribution in [-0.4, -0.2) is 49.5 Å². The molecule has 4 nitrogen and oxygen atoms in total. The number of rotatable bonds is 10. The molecule has 0 aliphatic carbocycles. The van der Waals surface area contributed by atoms with Gasteiger partial charge in [0.25, 0.3) is 6.43 Å². The second-order valence-corrected chi connectivity index (χ2v) is 4.35. The van der Waals surface area contributed by atoms with Crippen LogP contribution in [0, 0.1) is 0 Å². The van der Waals surface area contributed by atoms with Crippen LogP contribution in [0.25, 0.3) is 0 Å². The van der Waals surface area contributed by atoms with E-state index in [0.29, 0.717) is 13.1 Å². The predicted molar refractivity (Wildman–Crippen MR) is 68.6 cm³/mol. The van der Waals surface area contributed by atoms with Gasteiger partial charge in [-0.3, -0.25) is 9.69 Å². The van der Waals surface area contributed by atoms with Crippen LogP contribution in [0.5, 0.6) is 0 Å². The molecule has 0 saturated heterocycles. The molecule has 0 aromatic rings. The van der Waals surface area contributed by atoms with E-state index in [0.717, 1.165) is 19.3 Å². The summed E-state index contributed by atoms with van der Waals surface area (Å²) in [5.41, 5.74) is 5.36. The van der Waals surface area contributed by atoms with Gasteiger partial charge in [0.1, 0.15) is 0 Å². The topological polar surface area (TPSA) is 58.4 Å². The van der Waals surface area contributed by atoms with Gasteiger partial charge in [-0.1, -0.05) is 19.8 Å². The van der Waals surface area contributed by atoms with Crippen LogP contribution in [0.15, 0.2) is 0 Å². The Morgan fingerprint density at radius 3 is 2.56 bits per heavy atom. The lowest BCUT2D eigenvalue weighted by atomic mass is 10.2. The van der Waals surface area contributed by atoms with Gasteiger partial charge in [0, 0.05) is 19.6 Å². The average molecular weight is 265 g/mol. The number of nitrogens with zero attached hydrogens (tertiary/aromatic N) is 1. The summed E-state index contributed by atoms with van der Waals surface area (Å²) in [7, 11) is 0. The molecule has 3 N–H and O–H groups in total. The third kappa shape index (κ3) is 7.55. The van der Waals surface area contributed by atoms with E-state index in [4.69, 9.17) is 5.73 Å². The molecule has 1 unspecified atom stereocenters. The molecule has 18 heavy (non-hydrogen) atoms. The minimum Gasteiger partial charge on any atom is -0.355 e. The molecule has 0 fully saturated rings. The lowest BCUT2D eigenvalue weighted by molar-refractivity contribution is -0.126. The average Bonchev–Trinajstić information content (AvgIpc) is 2.32. The van der Waals surface area contributed by atoms with Gasteiger partial charge >= 0.3 is 0 Å². The van der Waals surface area contributed by atoms with Gasteiger partial charge in [0.05, 0.1) is 12.6 Å². The van der Waals surface area contributed by atoms with Gasteiger partial charge in [-0.15, -0.1) is 0 Å². The first-order chi connectivity index (χ1) is 8.52. The lowest BCUT2D eigenvalue weighted by Crippen LogP contribution is -2.48. The molecular formula is C12H25F2N3O. The summed E-state index contributed by atoms with van der Waals surface area (Å²) in [5, 5.41) is 2.76. The van der Waals surface area contributed by atoms with Gasteiger partial charge in [0.15, 0.2) is 0 Å². The Labute approximate surface area is 108 Å². The highest BCUT2D eigenvalue weighted by atomic mass is 19.3. The van der Waals surface area contributed by atoms with E-state index in [9.17, 15) is 13.6 Å². The van der Waals surface area contributed by atoms with Crippen molar-refractivity contribution < 1.29 is 13.6 Å². The summed E-state index contributed by atoms with van der Waals surface area (Å²) in [6.45, 7) is 4.46. The highest BCUT2D eigenvalue weighted by Crippen LogP contribution is 2.04. The van der Waals surface area contributed by atoms with Crippen LogP contribution in [0.1, 0.15) is 33.1 Å². The first-order valence-electron chi connectivity index (χ1n) is 6.52. The molecule has 0 aromatic heterocycles. The number of halogens is 2. The maximum absolute atomic E-state index is 12.4. The SMILES string of the molecule is CCCCCNC(=O)C(C)N(CCN)CC(F)F. The number of carbonyl (C=O) groups is 1. The number of nitrogens with one attached hydrogen (secondary N) is 1. The van der Waals surface area contributed by atoms with E-state index in [1.54, 1.807) is 6.92 Å². The summed E-state index contributed by atoms with van der Waals surface area (Å²) in [4.78, 5) is 13.2. The Balaban J connectivity index is 4.11. The number of alkyl halides is 2. The van der Waals surface area contributed by atoms with E-state index >= 15 is 0 Å². The molecule has 0 spiro atoms. The number of amides is 1. The van der Waals surface area contributed by atoms with Crippen LogP contribution < -0.4 is 11.1 Å². The number of hydrogen-bond acceptors (Lipinski definition) is 3. The van der Waals surface area contributed by atoms with Crippen molar-refractivity contribution >= 4 is 5.91 Å². The highest BCUT2D eigenvalue weighted by molar-refractivity contribution is 5.81. The maximum atomic E-state index is 12.4. The Morgan fingerprint density at radius 2 is 2.06 bits per heavy atom. The van der Waals surface area contributed by atoms with Crippen LogP contribution in [0.2, 0.25) is 0 Å². The summed E-state index contributed by atoms with van der Waals surface area (Å²) in [6.07, 6.45) is 0.599. The fourth-order valence-corrected chi connectivity index (χ4v) is 1.69. The van der Waals surface area contributed by atoms with Crippen molar-refractivity contribution in [2.45, 2.75) is 45.6 Å². The van der Waals surface area contributed by atoms with E-state index in [2.05, 4.69) is 12.2 Å². The third-order valence-corrected chi connectivity index (χ3v) is 2.80. The van der Waals surface area contributed by atoms with Gasteiger partial charge in [-0.05, 0) is 13.3 Å². The van der Waals surface area contributed by atoms with Crippen molar-refractivity contribution in [3.63, 3.8) is 0 Å². The minimum absolute atomic E-state index is 0.208. The van der Waals surface area contributed by atoms with E-state index in [1.165, 1.54) is 4.90 Å². The van der Waals surface area contributed by atoms with Gasteiger partial charge in [-0.25, -0.2) is 8.78 Å². The predicted octanol–water partition coefficient (Wildman–Crippen LogP) is 1.21. The molecule has 0 bridgehead atoms. The molecule has 1 atom stereocenters. The third-order valence-electron chi connectivity index (χ3n) is 2.80. The first kappa shape index (κ1) is 17.2. The molecule has 0 radical (unpaired) electrons. The van der Waals surface area contributed by atoms with Crippen molar-refractivity contribution in [2.75, 3.05) is 26.2 Å². The zero-order chi connectivity index (χ0) is 14.0. The van der Waals surface area contributed by atoms with Gasteiger partial charge < -0.3 is 11.1 Å². The van der Waals surface area contributed by atoms with Crippen molar-refractivity contribution in [2.24, 2.45) is 5.73 Å². The Hall–Kier alpha value is -0.750. The summed E-state index contributed by atoms with van der Waals surface area (Å²) >= 11 is 0. The highest BCUT2D eigenvalue weighted by Gasteiger charge is 2.22. The number of unbranched alkanes of at least 4 members (excludes halogenated alkanes) is 2. The first-order valence-corrected chi connectivity index (χ1v) is 6.52. The van der Waals surface area contributed by atoms with Crippen LogP contribution in [0.3, 0.4) is 0 Å². The number of carbonyl (C=O) groups excluding carboxylic acids is 1. The van der Waals surface area contributed by atoms with Gasteiger partial charge in [-0.2, -0.15) is 0 Å². The minimum atomic E-state index is -2.45. The summed E-state index contributed by atoms with van der Waals surface area (Å²) in [6, 6.07) is -0.566.